The van der Waals surface area contributed by atoms with Gasteiger partial charge in [0.2, 0.25) is 0 Å². The van der Waals surface area contributed by atoms with Crippen LogP contribution in [0, 0.1) is 0 Å². The molecule has 3 heterocycles. The van der Waals surface area contributed by atoms with Crippen molar-refractivity contribution in [3.8, 4) is 0 Å². The largest absolute Gasteiger partial charge is 0.388 e. The van der Waals surface area contributed by atoms with Gasteiger partial charge in [-0.1, -0.05) is 133 Å². The lowest BCUT2D eigenvalue weighted by Gasteiger charge is -2.21. The topological polar surface area (TPSA) is 28.2 Å². The molecule has 4 rings (SSSR count). The summed E-state index contributed by atoms with van der Waals surface area (Å²) in [7, 11) is 7.54. The molecule has 0 spiro atoms. The van der Waals surface area contributed by atoms with Gasteiger partial charge in [-0.15, -0.1) is 0 Å². The van der Waals surface area contributed by atoms with Crippen LogP contribution >= 0.6 is 0 Å². The molecule has 0 aromatic carbocycles. The highest BCUT2D eigenvalue weighted by molar-refractivity contribution is 4.62. The van der Waals surface area contributed by atoms with Crippen LogP contribution in [0.15, 0.2) is 0 Å². The smallest absolute Gasteiger partial charge is 0.0594 e. The summed E-state index contributed by atoms with van der Waals surface area (Å²) in [6.07, 6.45) is 20.8. The van der Waals surface area contributed by atoms with Gasteiger partial charge in [0.15, 0.2) is 0 Å². The van der Waals surface area contributed by atoms with E-state index in [2.05, 4.69) is 95.8 Å². The average molecular weight is 606 g/mol. The van der Waals surface area contributed by atoms with Crippen LogP contribution in [0.3, 0.4) is 0 Å². The Morgan fingerprint density at radius 2 is 0.714 bits per heavy atom. The fourth-order valence-corrected chi connectivity index (χ4v) is 2.88. The minimum Gasteiger partial charge on any atom is -0.388 e. The van der Waals surface area contributed by atoms with Gasteiger partial charge in [0, 0.05) is 27.3 Å². The van der Waals surface area contributed by atoms with Crippen molar-refractivity contribution in [1.29, 1.82) is 0 Å². The monoisotopic (exact) mass is 606 g/mol. The highest BCUT2D eigenvalue weighted by Crippen LogP contribution is 2.15. The van der Waals surface area contributed by atoms with E-state index in [9.17, 15) is 0 Å². The van der Waals surface area contributed by atoms with Crippen molar-refractivity contribution in [2.75, 3.05) is 87.3 Å². The molecule has 262 valence electrons. The van der Waals surface area contributed by atoms with Crippen LogP contribution in [-0.2, 0) is 9.47 Å². The maximum atomic E-state index is 5.10. The zero-order valence-electron chi connectivity index (χ0n) is 32.1. The average Bonchev–Trinajstić information content (AvgIpc) is 3.69. The van der Waals surface area contributed by atoms with E-state index in [4.69, 9.17) is 4.74 Å². The zero-order chi connectivity index (χ0) is 33.1. The van der Waals surface area contributed by atoms with E-state index < -0.39 is 0 Å². The Bertz CT molecular complexity index is 343. The minimum absolute atomic E-state index is 0.913. The zero-order valence-corrected chi connectivity index (χ0v) is 32.1. The quantitative estimate of drug-likeness (QED) is 0.318. The van der Waals surface area contributed by atoms with E-state index in [1.54, 1.807) is 14.2 Å². The second-order valence-corrected chi connectivity index (χ2v) is 11.6. The van der Waals surface area contributed by atoms with Crippen molar-refractivity contribution in [1.82, 2.24) is 14.7 Å². The van der Waals surface area contributed by atoms with E-state index >= 15 is 0 Å². The van der Waals surface area contributed by atoms with Crippen molar-refractivity contribution in [2.24, 2.45) is 0 Å². The summed E-state index contributed by atoms with van der Waals surface area (Å²) >= 11 is 0. The molecular formula is C37H87N3O2. The number of rotatable bonds is 4. The number of hydrogen-bond acceptors (Lipinski definition) is 5. The molecule has 4 fully saturated rings. The van der Waals surface area contributed by atoms with Crippen LogP contribution in [0.5, 0.6) is 0 Å². The van der Waals surface area contributed by atoms with Crippen LogP contribution in [-0.4, -0.2) is 102 Å². The Balaban J connectivity index is -0.000000125. The summed E-state index contributed by atoms with van der Waals surface area (Å²) in [6.45, 7) is 30.2. The van der Waals surface area contributed by atoms with Crippen LogP contribution < -0.4 is 0 Å². The molecule has 3 saturated heterocycles. The molecule has 0 amide bonds. The molecule has 0 radical (unpaired) electrons. The summed E-state index contributed by atoms with van der Waals surface area (Å²) in [6, 6.07) is 0. The van der Waals surface area contributed by atoms with Crippen molar-refractivity contribution in [2.45, 2.75) is 159 Å². The third-order valence-corrected chi connectivity index (χ3v) is 6.71. The van der Waals surface area contributed by atoms with E-state index in [0.717, 1.165) is 26.3 Å². The number of ether oxygens (including phenoxy) is 2. The van der Waals surface area contributed by atoms with Gasteiger partial charge in [0.25, 0.3) is 0 Å². The first kappa shape index (κ1) is 51.4. The summed E-state index contributed by atoms with van der Waals surface area (Å²) in [5, 5.41) is 0. The lowest BCUT2D eigenvalue weighted by Crippen LogP contribution is -2.32. The molecule has 0 bridgehead atoms. The second kappa shape index (κ2) is 53.4. The van der Waals surface area contributed by atoms with E-state index in [1.165, 1.54) is 129 Å². The van der Waals surface area contributed by atoms with Crippen molar-refractivity contribution >= 4 is 0 Å². The van der Waals surface area contributed by atoms with Crippen molar-refractivity contribution in [3.63, 3.8) is 0 Å². The highest BCUT2D eigenvalue weighted by atomic mass is 16.5. The van der Waals surface area contributed by atoms with Gasteiger partial charge in [-0.2, -0.15) is 0 Å². The summed E-state index contributed by atoms with van der Waals surface area (Å²) in [5.41, 5.74) is 0. The highest BCUT2D eigenvalue weighted by Gasteiger charge is 2.07. The van der Waals surface area contributed by atoms with Gasteiger partial charge in [-0.05, 0) is 72.5 Å². The molecule has 0 unspecified atom stereocenters. The van der Waals surface area contributed by atoms with Gasteiger partial charge in [0.05, 0.1) is 13.2 Å². The Morgan fingerprint density at radius 1 is 0.452 bits per heavy atom. The van der Waals surface area contributed by atoms with Crippen LogP contribution in [0.4, 0.5) is 0 Å². The Hall–Kier alpha value is -0.200. The molecule has 0 N–H and O–H groups in total. The molecule has 5 nitrogen and oxygen atoms in total. The summed E-state index contributed by atoms with van der Waals surface area (Å²) in [5.74, 6) is 0. The Morgan fingerprint density at radius 3 is 0.833 bits per heavy atom. The van der Waals surface area contributed by atoms with E-state index in [0.29, 0.717) is 0 Å². The molecule has 1 aliphatic carbocycles. The third kappa shape index (κ3) is 63.2. The number of likely N-dealkylation sites (tertiary alicyclic amines) is 2. The van der Waals surface area contributed by atoms with Crippen molar-refractivity contribution < 1.29 is 9.47 Å². The maximum absolute atomic E-state index is 5.10. The number of hydrogen-bond donors (Lipinski definition) is 0. The van der Waals surface area contributed by atoms with Crippen LogP contribution in [0.1, 0.15) is 159 Å². The Labute approximate surface area is 269 Å². The van der Waals surface area contributed by atoms with Gasteiger partial charge < -0.3 is 24.2 Å². The van der Waals surface area contributed by atoms with Gasteiger partial charge >= 0.3 is 0 Å². The van der Waals surface area contributed by atoms with Crippen molar-refractivity contribution in [3.05, 3.63) is 0 Å². The third-order valence-electron chi connectivity index (χ3n) is 6.71. The van der Waals surface area contributed by atoms with Gasteiger partial charge in [-0.25, -0.2) is 0 Å². The molecule has 3 aliphatic heterocycles. The maximum Gasteiger partial charge on any atom is 0.0594 e. The molecule has 0 aromatic rings. The molecule has 0 atom stereocenters. The number of unbranched alkanes of at least 4 members (excludes halogenated alkanes) is 3. The Kier molecular flexibility index (Phi) is 65.3. The van der Waals surface area contributed by atoms with E-state index in [-0.39, 0.29) is 0 Å². The first-order valence-electron chi connectivity index (χ1n) is 18.4. The number of nitrogens with zero attached hydrogens (tertiary/aromatic N) is 3. The standard InChI is InChI=1S/C6H13N.C5H11NO.C5H11N.C4H8.3C4H10.C3H8.C2H6O/c1-2-7-5-3-4-6-7;1-6-2-4-7-5-3-6;1-6-4-2-3-5-6;1-2-4-3-1;3*1-3-4-2;2*1-3-2/h2-6H2,1H3;2-5H2,1H3;2-5H2,1H3;1-4H2;3*3-4H2,1-2H3;3H2,1-2H3;1-2H3. The molecule has 4 aliphatic rings. The van der Waals surface area contributed by atoms with Gasteiger partial charge in [0.1, 0.15) is 0 Å². The molecule has 0 aromatic heterocycles. The lowest BCUT2D eigenvalue weighted by molar-refractivity contribution is 0.0503. The molecule has 5 heteroatoms. The minimum atomic E-state index is 0.913. The second-order valence-electron chi connectivity index (χ2n) is 11.6. The first-order valence-corrected chi connectivity index (χ1v) is 18.4. The summed E-state index contributed by atoms with van der Waals surface area (Å²) in [4.78, 5) is 7.11. The predicted molar refractivity (Wildman–Crippen MR) is 196 cm³/mol. The normalized spacial score (nSPS) is 17.1. The van der Waals surface area contributed by atoms with Crippen LogP contribution in [0.25, 0.3) is 0 Å². The fourth-order valence-electron chi connectivity index (χ4n) is 2.88. The number of morpholine rings is 1. The van der Waals surface area contributed by atoms with Gasteiger partial charge in [-0.3, -0.25) is 0 Å². The fraction of sp³-hybridized carbons (Fsp3) is 1.00. The van der Waals surface area contributed by atoms with Crippen LogP contribution in [0.2, 0.25) is 0 Å². The summed E-state index contributed by atoms with van der Waals surface area (Å²) < 4.78 is 9.35. The molecule has 42 heavy (non-hydrogen) atoms. The molecular weight excluding hydrogens is 518 g/mol. The number of likely N-dealkylation sites (N-methyl/N-ethyl adjacent to an activating group) is 1. The SMILES string of the molecule is C1CCC1.CCC.CCCC.CCCC.CCCC.CCN1CCCC1.CN1CCCC1.CN1CCOCC1.COC. The lowest BCUT2D eigenvalue weighted by atomic mass is 10.0. The molecule has 1 saturated carbocycles. The number of methoxy groups -OCH3 is 1. The first-order chi connectivity index (χ1) is 20.3. The predicted octanol–water partition coefficient (Wildman–Crippen LogP) is 10.4. The van der Waals surface area contributed by atoms with E-state index in [1.807, 2.05) is 0 Å².